The van der Waals surface area contributed by atoms with Gasteiger partial charge >= 0.3 is 0 Å². The zero-order chi connectivity index (χ0) is 16.5. The van der Waals surface area contributed by atoms with Crippen LogP contribution in [0.1, 0.15) is 10.6 Å². The second-order valence-corrected chi connectivity index (χ2v) is 7.17. The molecule has 4 aromatic rings. The topological polar surface area (TPSA) is 72.2 Å². The van der Waals surface area contributed by atoms with Gasteiger partial charge in [0.25, 0.3) is 5.56 Å². The number of benzene rings is 1. The van der Waals surface area contributed by atoms with Crippen molar-refractivity contribution in [3.63, 3.8) is 0 Å². The van der Waals surface area contributed by atoms with Crippen molar-refractivity contribution in [2.45, 2.75) is 13.5 Å². The zero-order valence-electron chi connectivity index (χ0n) is 12.8. The molecule has 8 heteroatoms. The summed E-state index contributed by atoms with van der Waals surface area (Å²) in [6.45, 7) is 2.62. The van der Waals surface area contributed by atoms with E-state index >= 15 is 0 Å². The lowest BCUT2D eigenvalue weighted by Crippen LogP contribution is -2.12. The highest BCUT2D eigenvalue weighted by molar-refractivity contribution is 7.20. The van der Waals surface area contributed by atoms with Crippen LogP contribution in [0.3, 0.4) is 0 Å². The average molecular weight is 355 g/mol. The second kappa shape index (κ2) is 6.14. The maximum Gasteiger partial charge on any atom is 0.275 e. The van der Waals surface area contributed by atoms with E-state index in [9.17, 15) is 4.79 Å². The Balaban J connectivity index is 1.56. The van der Waals surface area contributed by atoms with Gasteiger partial charge in [0.15, 0.2) is 0 Å². The highest BCUT2D eigenvalue weighted by Gasteiger charge is 2.11. The van der Waals surface area contributed by atoms with E-state index in [2.05, 4.69) is 32.5 Å². The van der Waals surface area contributed by atoms with Gasteiger partial charge in [-0.3, -0.25) is 4.79 Å². The van der Waals surface area contributed by atoms with E-state index in [-0.39, 0.29) is 5.56 Å². The number of aromatic nitrogens is 4. The van der Waals surface area contributed by atoms with Crippen LogP contribution in [0, 0.1) is 6.92 Å². The van der Waals surface area contributed by atoms with Crippen molar-refractivity contribution >= 4 is 32.8 Å². The third-order valence-corrected chi connectivity index (χ3v) is 5.57. The molecule has 1 aromatic carbocycles. The van der Waals surface area contributed by atoms with Crippen LogP contribution >= 0.6 is 22.7 Å². The Hall–Kier alpha value is -2.58. The molecule has 0 atom stereocenters. The van der Waals surface area contributed by atoms with E-state index in [1.165, 1.54) is 28.1 Å². The molecular weight excluding hydrogens is 342 g/mol. The quantitative estimate of drug-likeness (QED) is 0.609. The standard InChI is InChI=1S/C16H13N5OS2/c1-10-12(23-14(19-10)11-5-3-2-4-6-11)9-18-15-20-21-13(22)7-8-17-16(21)24-15/h2-8H,9H2,1H3,(H,18,20). The summed E-state index contributed by atoms with van der Waals surface area (Å²) in [7, 11) is 0. The van der Waals surface area contributed by atoms with Crippen molar-refractivity contribution in [1.29, 1.82) is 0 Å². The van der Waals surface area contributed by atoms with Crippen LogP contribution in [0.5, 0.6) is 0 Å². The molecule has 0 spiro atoms. The van der Waals surface area contributed by atoms with Crippen molar-refractivity contribution in [3.05, 3.63) is 63.5 Å². The van der Waals surface area contributed by atoms with Crippen molar-refractivity contribution in [2.75, 3.05) is 5.32 Å². The van der Waals surface area contributed by atoms with Crippen LogP contribution in [-0.4, -0.2) is 19.6 Å². The highest BCUT2D eigenvalue weighted by Crippen LogP contribution is 2.28. The number of nitrogens with one attached hydrogen (secondary N) is 1. The maximum atomic E-state index is 11.7. The first-order chi connectivity index (χ1) is 11.7. The largest absolute Gasteiger partial charge is 0.355 e. The van der Waals surface area contributed by atoms with Gasteiger partial charge in [-0.1, -0.05) is 41.7 Å². The monoisotopic (exact) mass is 355 g/mol. The Labute approximate surface area is 145 Å². The predicted octanol–water partition coefficient (Wildman–Crippen LogP) is 3.20. The number of nitrogens with zero attached hydrogens (tertiary/aromatic N) is 4. The molecule has 3 heterocycles. The van der Waals surface area contributed by atoms with Gasteiger partial charge in [-0.15, -0.1) is 16.4 Å². The lowest BCUT2D eigenvalue weighted by Gasteiger charge is -1.99. The number of anilines is 1. The first-order valence-electron chi connectivity index (χ1n) is 7.31. The van der Waals surface area contributed by atoms with Crippen LogP contribution in [0.4, 0.5) is 5.13 Å². The summed E-state index contributed by atoms with van der Waals surface area (Å²) < 4.78 is 1.31. The molecule has 0 saturated carbocycles. The summed E-state index contributed by atoms with van der Waals surface area (Å²) in [5.74, 6) is 0. The smallest absolute Gasteiger partial charge is 0.275 e. The average Bonchev–Trinajstić information content (AvgIpc) is 3.18. The summed E-state index contributed by atoms with van der Waals surface area (Å²) >= 11 is 3.01. The van der Waals surface area contributed by atoms with Crippen LogP contribution in [-0.2, 0) is 6.54 Å². The van der Waals surface area contributed by atoms with Gasteiger partial charge in [0.2, 0.25) is 10.1 Å². The molecule has 3 aromatic heterocycles. The third kappa shape index (κ3) is 2.81. The minimum absolute atomic E-state index is 0.176. The molecule has 0 amide bonds. The molecule has 0 aliphatic rings. The van der Waals surface area contributed by atoms with E-state index in [1.54, 1.807) is 11.3 Å². The number of rotatable bonds is 4. The van der Waals surface area contributed by atoms with Gasteiger partial charge in [-0.05, 0) is 6.92 Å². The van der Waals surface area contributed by atoms with E-state index in [1.807, 2.05) is 25.1 Å². The summed E-state index contributed by atoms with van der Waals surface area (Å²) in [5, 5.41) is 9.19. The maximum absolute atomic E-state index is 11.7. The summed E-state index contributed by atoms with van der Waals surface area (Å²) in [6, 6.07) is 11.5. The van der Waals surface area contributed by atoms with Crippen molar-refractivity contribution in [2.24, 2.45) is 0 Å². The molecule has 1 N–H and O–H groups in total. The Morgan fingerprint density at radius 2 is 2.00 bits per heavy atom. The molecule has 0 aliphatic carbocycles. The van der Waals surface area contributed by atoms with E-state index in [4.69, 9.17) is 0 Å². The molecule has 0 unspecified atom stereocenters. The first-order valence-corrected chi connectivity index (χ1v) is 8.94. The van der Waals surface area contributed by atoms with Crippen LogP contribution in [0.15, 0.2) is 47.4 Å². The van der Waals surface area contributed by atoms with Gasteiger partial charge in [0, 0.05) is 22.7 Å². The first kappa shape index (κ1) is 15.0. The van der Waals surface area contributed by atoms with Gasteiger partial charge in [-0.2, -0.15) is 4.52 Å². The normalized spacial score (nSPS) is 11.0. The van der Waals surface area contributed by atoms with Crippen LogP contribution < -0.4 is 10.9 Å². The van der Waals surface area contributed by atoms with E-state index < -0.39 is 0 Å². The van der Waals surface area contributed by atoms with Gasteiger partial charge < -0.3 is 5.32 Å². The van der Waals surface area contributed by atoms with Crippen molar-refractivity contribution in [3.8, 4) is 10.6 Å². The zero-order valence-corrected chi connectivity index (χ0v) is 14.4. The molecule has 0 bridgehead atoms. The van der Waals surface area contributed by atoms with Crippen LogP contribution in [0.25, 0.3) is 15.5 Å². The summed E-state index contributed by atoms with van der Waals surface area (Å²) in [5.41, 5.74) is 1.94. The number of thiazole rings is 1. The molecule has 24 heavy (non-hydrogen) atoms. The fourth-order valence-electron chi connectivity index (χ4n) is 2.27. The molecule has 4 rings (SSSR count). The summed E-state index contributed by atoms with van der Waals surface area (Å²) in [4.78, 5) is 22.2. The van der Waals surface area contributed by atoms with E-state index in [0.29, 0.717) is 16.6 Å². The third-order valence-electron chi connectivity index (χ3n) is 3.48. The Morgan fingerprint density at radius 3 is 2.79 bits per heavy atom. The molecular formula is C16H13N5OS2. The molecule has 120 valence electrons. The van der Waals surface area contributed by atoms with E-state index in [0.717, 1.165) is 21.1 Å². The number of aryl methyl sites for hydroxylation is 1. The lowest BCUT2D eigenvalue weighted by atomic mass is 10.2. The van der Waals surface area contributed by atoms with Gasteiger partial charge in [0.05, 0.1) is 12.2 Å². The SMILES string of the molecule is Cc1nc(-c2ccccc2)sc1CNc1nn2c(=O)ccnc2s1. The number of fused-ring (bicyclic) bond motifs is 1. The summed E-state index contributed by atoms with van der Waals surface area (Å²) in [6.07, 6.45) is 1.50. The molecule has 6 nitrogen and oxygen atoms in total. The van der Waals surface area contributed by atoms with Gasteiger partial charge in [-0.25, -0.2) is 9.97 Å². The highest BCUT2D eigenvalue weighted by atomic mass is 32.1. The fourth-order valence-corrected chi connectivity index (χ4v) is 4.05. The number of hydrogen-bond donors (Lipinski definition) is 1. The minimum atomic E-state index is -0.176. The molecule has 0 radical (unpaired) electrons. The van der Waals surface area contributed by atoms with Gasteiger partial charge in [0.1, 0.15) is 5.01 Å². The Morgan fingerprint density at radius 1 is 1.17 bits per heavy atom. The Bertz CT molecular complexity index is 1050. The van der Waals surface area contributed by atoms with Crippen molar-refractivity contribution in [1.82, 2.24) is 19.6 Å². The predicted molar refractivity (Wildman–Crippen MR) is 96.7 cm³/mol. The number of hydrogen-bond acceptors (Lipinski definition) is 7. The van der Waals surface area contributed by atoms with Crippen LogP contribution in [0.2, 0.25) is 0 Å². The fraction of sp³-hybridized carbons (Fsp3) is 0.125. The molecule has 0 fully saturated rings. The lowest BCUT2D eigenvalue weighted by molar-refractivity contribution is 0.895. The molecule has 0 aliphatic heterocycles. The second-order valence-electron chi connectivity index (χ2n) is 5.13. The van der Waals surface area contributed by atoms with Crippen molar-refractivity contribution < 1.29 is 0 Å². The minimum Gasteiger partial charge on any atom is -0.355 e. The Kier molecular flexibility index (Phi) is 3.83. The molecule has 0 saturated heterocycles.